The molecule has 6 rings (SSSR count). The Hall–Kier alpha value is -2.74. The fraction of sp³-hybridized carbons (Fsp3) is 0.655. The van der Waals surface area contributed by atoms with Crippen molar-refractivity contribution in [1.82, 2.24) is 14.5 Å². The second-order valence-electron chi connectivity index (χ2n) is 11.7. The van der Waals surface area contributed by atoms with E-state index in [1.165, 1.54) is 71.3 Å². The molecule has 2 aliphatic carbocycles. The zero-order chi connectivity index (χ0) is 25.5. The van der Waals surface area contributed by atoms with Crippen LogP contribution in [0.15, 0.2) is 34.2 Å². The highest BCUT2D eigenvalue weighted by Gasteiger charge is 2.45. The van der Waals surface area contributed by atoms with Gasteiger partial charge in [-0.3, -0.25) is 9.69 Å². The smallest absolute Gasteiger partial charge is 0.360 e. The first-order chi connectivity index (χ1) is 18.0. The predicted molar refractivity (Wildman–Crippen MR) is 142 cm³/mol. The molecular formula is C29H38N4O4. The quantitative estimate of drug-likeness (QED) is 0.464. The number of carbonyl (C=O) groups is 1. The number of carboxylic acid groups (broad SMARTS) is 1. The number of benzene rings is 1. The van der Waals surface area contributed by atoms with Gasteiger partial charge in [0, 0.05) is 24.2 Å². The van der Waals surface area contributed by atoms with Crippen LogP contribution in [0.25, 0.3) is 11.0 Å². The summed E-state index contributed by atoms with van der Waals surface area (Å²) in [6, 6.07) is 9.16. The molecule has 0 spiro atoms. The molecule has 5 atom stereocenters. The zero-order valence-corrected chi connectivity index (χ0v) is 21.7. The van der Waals surface area contributed by atoms with Gasteiger partial charge in [0.15, 0.2) is 5.69 Å². The highest BCUT2D eigenvalue weighted by molar-refractivity contribution is 6.41. The summed E-state index contributed by atoms with van der Waals surface area (Å²) in [6.45, 7) is 0. The molecule has 2 saturated heterocycles. The normalized spacial score (nSPS) is 32.6. The van der Waals surface area contributed by atoms with Crippen molar-refractivity contribution >= 4 is 22.7 Å². The number of hydrogen-bond donors (Lipinski definition) is 1. The van der Waals surface area contributed by atoms with E-state index < -0.39 is 17.2 Å². The summed E-state index contributed by atoms with van der Waals surface area (Å²) < 4.78 is 1.83. The minimum absolute atomic E-state index is 0.00848. The van der Waals surface area contributed by atoms with Crippen LogP contribution < -0.4 is 5.56 Å². The molecule has 2 saturated carbocycles. The molecule has 2 unspecified atom stereocenters. The largest absolute Gasteiger partial charge is 0.476 e. The van der Waals surface area contributed by atoms with Crippen molar-refractivity contribution in [2.24, 2.45) is 17.0 Å². The van der Waals surface area contributed by atoms with Crippen LogP contribution in [-0.2, 0) is 9.63 Å². The summed E-state index contributed by atoms with van der Waals surface area (Å²) in [6.07, 6.45) is 15.1. The van der Waals surface area contributed by atoms with E-state index in [0.29, 0.717) is 23.6 Å². The van der Waals surface area contributed by atoms with Crippen LogP contribution in [0.1, 0.15) is 88.8 Å². The molecular weight excluding hydrogens is 468 g/mol. The summed E-state index contributed by atoms with van der Waals surface area (Å²) in [5.41, 5.74) is 0.369. The molecule has 4 bridgehead atoms. The zero-order valence-electron chi connectivity index (χ0n) is 21.7. The van der Waals surface area contributed by atoms with E-state index in [-0.39, 0.29) is 11.7 Å². The number of carboxylic acids is 1. The number of piperidine rings is 2. The van der Waals surface area contributed by atoms with Crippen LogP contribution in [0.4, 0.5) is 0 Å². The lowest BCUT2D eigenvalue weighted by molar-refractivity contribution is -0.129. The monoisotopic (exact) mass is 506 g/mol. The van der Waals surface area contributed by atoms with Crippen molar-refractivity contribution in [2.75, 3.05) is 7.11 Å². The van der Waals surface area contributed by atoms with Crippen molar-refractivity contribution < 1.29 is 14.7 Å². The topological polar surface area (TPSA) is 97.0 Å². The Balaban J connectivity index is 1.36. The fourth-order valence-corrected chi connectivity index (χ4v) is 8.25. The first-order valence-electron chi connectivity index (χ1n) is 14.2. The van der Waals surface area contributed by atoms with E-state index in [4.69, 9.17) is 4.84 Å². The lowest BCUT2D eigenvalue weighted by Gasteiger charge is -2.54. The summed E-state index contributed by atoms with van der Waals surface area (Å²) in [5, 5.41) is 13.4. The van der Waals surface area contributed by atoms with Gasteiger partial charge in [-0.1, -0.05) is 49.4 Å². The maximum Gasteiger partial charge on any atom is 0.360 e. The molecule has 8 nitrogen and oxygen atoms in total. The molecule has 4 aliphatic rings. The third-order valence-corrected chi connectivity index (χ3v) is 9.55. The third kappa shape index (κ3) is 4.58. The summed E-state index contributed by atoms with van der Waals surface area (Å²) in [5.74, 6) is 0.445. The molecule has 3 heterocycles. The Morgan fingerprint density at radius 2 is 1.59 bits per heavy atom. The van der Waals surface area contributed by atoms with Crippen molar-refractivity contribution in [1.29, 1.82) is 0 Å². The van der Waals surface area contributed by atoms with Gasteiger partial charge in [0.05, 0.1) is 11.0 Å². The molecule has 198 valence electrons. The van der Waals surface area contributed by atoms with Crippen molar-refractivity contribution in [3.05, 3.63) is 40.3 Å². The van der Waals surface area contributed by atoms with Crippen LogP contribution >= 0.6 is 0 Å². The van der Waals surface area contributed by atoms with Crippen LogP contribution in [0.3, 0.4) is 0 Å². The predicted octanol–water partition coefficient (Wildman–Crippen LogP) is 4.75. The van der Waals surface area contributed by atoms with Gasteiger partial charge in [-0.25, -0.2) is 9.78 Å². The Labute approximate surface area is 217 Å². The number of nitrogens with zero attached hydrogens (tertiary/aromatic N) is 4. The summed E-state index contributed by atoms with van der Waals surface area (Å²) in [4.78, 5) is 37.9. The van der Waals surface area contributed by atoms with E-state index in [1.807, 2.05) is 28.8 Å². The SMILES string of the molecule is CON=C(C(=O)O)c1nc2ccccc2n([C@H]2C[C@H]3CCC[C@@H](C2)N3C2CC3CCCCC(C3)C2)c1=O. The van der Waals surface area contributed by atoms with E-state index in [0.717, 1.165) is 30.2 Å². The molecule has 2 aliphatic heterocycles. The average molecular weight is 507 g/mol. The molecule has 0 amide bonds. The maximum absolute atomic E-state index is 13.9. The number of fused-ring (bicyclic) bond motifs is 5. The van der Waals surface area contributed by atoms with Crippen LogP contribution in [0.2, 0.25) is 0 Å². The van der Waals surface area contributed by atoms with Crippen LogP contribution in [0.5, 0.6) is 0 Å². The molecule has 1 N–H and O–H groups in total. The van der Waals surface area contributed by atoms with Crippen molar-refractivity contribution in [2.45, 2.75) is 101 Å². The molecule has 8 heteroatoms. The van der Waals surface area contributed by atoms with Crippen LogP contribution in [0, 0.1) is 11.8 Å². The number of aromatic nitrogens is 2. The summed E-state index contributed by atoms with van der Waals surface area (Å²) in [7, 11) is 1.28. The Morgan fingerprint density at radius 3 is 2.24 bits per heavy atom. The Morgan fingerprint density at radius 1 is 0.919 bits per heavy atom. The van der Waals surface area contributed by atoms with Gasteiger partial charge < -0.3 is 14.5 Å². The number of oxime groups is 1. The summed E-state index contributed by atoms with van der Waals surface area (Å²) >= 11 is 0. The lowest BCUT2D eigenvalue weighted by atomic mass is 9.73. The van der Waals surface area contributed by atoms with Crippen molar-refractivity contribution in [3.8, 4) is 0 Å². The maximum atomic E-state index is 13.9. The Kier molecular flexibility index (Phi) is 6.78. The number of aliphatic carboxylic acids is 1. The molecule has 4 fully saturated rings. The average Bonchev–Trinajstić information content (AvgIpc) is 3.05. The number of para-hydroxylation sites is 2. The van der Waals surface area contributed by atoms with E-state index >= 15 is 0 Å². The fourth-order valence-electron chi connectivity index (χ4n) is 8.25. The second-order valence-corrected chi connectivity index (χ2v) is 11.7. The second kappa shape index (κ2) is 10.2. The van der Waals surface area contributed by atoms with Gasteiger partial charge in [0.2, 0.25) is 5.71 Å². The van der Waals surface area contributed by atoms with Gasteiger partial charge >= 0.3 is 5.97 Å². The van der Waals surface area contributed by atoms with Crippen molar-refractivity contribution in [3.63, 3.8) is 0 Å². The van der Waals surface area contributed by atoms with E-state index in [9.17, 15) is 14.7 Å². The Bertz CT molecular complexity index is 1230. The van der Waals surface area contributed by atoms with Gasteiger partial charge in [-0.2, -0.15) is 0 Å². The van der Waals surface area contributed by atoms with Crippen LogP contribution in [-0.4, -0.2) is 56.5 Å². The number of rotatable bonds is 5. The van der Waals surface area contributed by atoms with E-state index in [2.05, 4.69) is 15.0 Å². The molecule has 2 aromatic rings. The van der Waals surface area contributed by atoms with Gasteiger partial charge in [-0.15, -0.1) is 0 Å². The third-order valence-electron chi connectivity index (χ3n) is 9.55. The molecule has 1 aromatic heterocycles. The standard InChI is InChI=1S/C29H38N4O4/c1-37-31-27(29(35)36)26-28(34)33(25-12-5-4-11-24(25)30-26)23-16-20-9-6-10-21(17-23)32(20)22-14-18-7-2-3-8-19(13-18)15-22/h4-5,11-12,18-23H,2-3,6-10,13-17H2,1H3,(H,35,36)/t18?,19?,20-,21+,22?,23+. The van der Waals surface area contributed by atoms with E-state index in [1.54, 1.807) is 0 Å². The van der Waals surface area contributed by atoms with Gasteiger partial charge in [0.25, 0.3) is 5.56 Å². The minimum Gasteiger partial charge on any atom is -0.476 e. The highest BCUT2D eigenvalue weighted by Crippen LogP contribution is 2.46. The lowest BCUT2D eigenvalue weighted by Crippen LogP contribution is -2.58. The van der Waals surface area contributed by atoms with Gasteiger partial charge in [0.1, 0.15) is 7.11 Å². The first-order valence-corrected chi connectivity index (χ1v) is 14.2. The minimum atomic E-state index is -1.32. The van der Waals surface area contributed by atoms with Gasteiger partial charge in [-0.05, 0) is 68.9 Å². The molecule has 0 radical (unpaired) electrons. The molecule has 1 aromatic carbocycles. The highest BCUT2D eigenvalue weighted by atomic mass is 16.6. The molecule has 37 heavy (non-hydrogen) atoms. The number of hydrogen-bond acceptors (Lipinski definition) is 6. The first kappa shape index (κ1) is 24.6.